The van der Waals surface area contributed by atoms with Crippen LogP contribution in [0.3, 0.4) is 0 Å². The third-order valence-electron chi connectivity index (χ3n) is 4.28. The zero-order valence-corrected chi connectivity index (χ0v) is 13.6. The number of nitrogens with zero attached hydrogens (tertiary/aromatic N) is 4. The van der Waals surface area contributed by atoms with E-state index in [1.165, 1.54) is 11.3 Å². The maximum Gasteiger partial charge on any atom is 0.138 e. The summed E-state index contributed by atoms with van der Waals surface area (Å²) in [5.74, 6) is 1.38. The first-order valence-electron chi connectivity index (χ1n) is 7.88. The Balaban J connectivity index is 1.78. The summed E-state index contributed by atoms with van der Waals surface area (Å²) >= 11 is 0. The van der Waals surface area contributed by atoms with E-state index < -0.39 is 0 Å². The number of rotatable bonds is 5. The van der Waals surface area contributed by atoms with Gasteiger partial charge in [0.25, 0.3) is 0 Å². The topological polar surface area (TPSA) is 56.3 Å². The van der Waals surface area contributed by atoms with Gasteiger partial charge in [0, 0.05) is 50.5 Å². The lowest BCUT2D eigenvalue weighted by Crippen LogP contribution is -2.30. The fourth-order valence-electron chi connectivity index (χ4n) is 3.10. The van der Waals surface area contributed by atoms with Gasteiger partial charge in [0.15, 0.2) is 0 Å². The van der Waals surface area contributed by atoms with Gasteiger partial charge in [0.1, 0.15) is 5.76 Å². The highest BCUT2D eigenvalue weighted by atomic mass is 16.5. The average molecular weight is 304 g/mol. The standard InChI is InChI=1S/C16H24N4O2/c1-4-21-10-14-6-19(8-15-5-17-11-20(15)7-14)9-16-12(2)18-22-13(16)3/h5,11,14H,4,6-10H2,1-3H3/t14-/m1/s1. The summed E-state index contributed by atoms with van der Waals surface area (Å²) in [4.78, 5) is 6.73. The largest absolute Gasteiger partial charge is 0.381 e. The van der Waals surface area contributed by atoms with E-state index in [0.717, 1.165) is 50.8 Å². The molecule has 2 aromatic rings. The van der Waals surface area contributed by atoms with Crippen LogP contribution in [0.25, 0.3) is 0 Å². The Morgan fingerprint density at radius 3 is 2.95 bits per heavy atom. The minimum atomic E-state index is 0.468. The van der Waals surface area contributed by atoms with Gasteiger partial charge < -0.3 is 13.8 Å². The molecule has 1 aliphatic rings. The molecule has 3 rings (SSSR count). The molecule has 0 bridgehead atoms. The van der Waals surface area contributed by atoms with Crippen molar-refractivity contribution in [2.24, 2.45) is 5.92 Å². The lowest BCUT2D eigenvalue weighted by Gasteiger charge is -2.23. The number of imidazole rings is 1. The Labute approximate surface area is 131 Å². The van der Waals surface area contributed by atoms with Crippen molar-refractivity contribution in [1.29, 1.82) is 0 Å². The van der Waals surface area contributed by atoms with E-state index in [1.54, 1.807) is 0 Å². The molecule has 0 spiro atoms. The van der Waals surface area contributed by atoms with Crippen LogP contribution in [0.4, 0.5) is 0 Å². The molecule has 0 radical (unpaired) electrons. The first-order chi connectivity index (χ1) is 10.7. The molecule has 0 saturated carbocycles. The fraction of sp³-hybridized carbons (Fsp3) is 0.625. The predicted molar refractivity (Wildman–Crippen MR) is 82.3 cm³/mol. The number of hydrogen-bond donors (Lipinski definition) is 0. The van der Waals surface area contributed by atoms with Crippen LogP contribution in [0, 0.1) is 19.8 Å². The molecule has 0 fully saturated rings. The Morgan fingerprint density at radius 2 is 2.23 bits per heavy atom. The second-order valence-electron chi connectivity index (χ2n) is 6.04. The Morgan fingerprint density at radius 1 is 1.36 bits per heavy atom. The Kier molecular flexibility index (Phi) is 4.59. The van der Waals surface area contributed by atoms with Gasteiger partial charge in [-0.15, -0.1) is 0 Å². The summed E-state index contributed by atoms with van der Waals surface area (Å²) in [6.45, 7) is 11.3. The van der Waals surface area contributed by atoms with Gasteiger partial charge in [-0.2, -0.15) is 0 Å². The summed E-state index contributed by atoms with van der Waals surface area (Å²) in [6.07, 6.45) is 3.89. The molecule has 22 heavy (non-hydrogen) atoms. The van der Waals surface area contributed by atoms with Gasteiger partial charge >= 0.3 is 0 Å². The summed E-state index contributed by atoms with van der Waals surface area (Å²) < 4.78 is 13.2. The van der Waals surface area contributed by atoms with Gasteiger partial charge in [-0.3, -0.25) is 4.90 Å². The normalized spacial score (nSPS) is 19.1. The second kappa shape index (κ2) is 6.62. The SMILES string of the molecule is CCOC[C@@H]1CN(Cc2c(C)noc2C)Cc2cncn2C1. The summed E-state index contributed by atoms with van der Waals surface area (Å²) in [5, 5.41) is 4.06. The summed E-state index contributed by atoms with van der Waals surface area (Å²) in [7, 11) is 0. The number of fused-ring (bicyclic) bond motifs is 1. The number of aromatic nitrogens is 3. The average Bonchev–Trinajstić information content (AvgIpc) is 3.01. The quantitative estimate of drug-likeness (QED) is 0.847. The molecule has 0 amide bonds. The summed E-state index contributed by atoms with van der Waals surface area (Å²) in [5.41, 5.74) is 3.44. The molecule has 0 N–H and O–H groups in total. The first-order valence-corrected chi connectivity index (χ1v) is 7.88. The van der Waals surface area contributed by atoms with Crippen molar-refractivity contribution >= 4 is 0 Å². The van der Waals surface area contributed by atoms with Gasteiger partial charge in [-0.05, 0) is 20.8 Å². The van der Waals surface area contributed by atoms with Crippen LogP contribution in [0.2, 0.25) is 0 Å². The van der Waals surface area contributed by atoms with E-state index in [4.69, 9.17) is 9.26 Å². The molecule has 0 unspecified atom stereocenters. The van der Waals surface area contributed by atoms with Gasteiger partial charge in [0.05, 0.1) is 24.3 Å². The smallest absolute Gasteiger partial charge is 0.138 e. The van der Waals surface area contributed by atoms with Crippen LogP contribution in [0.1, 0.15) is 29.6 Å². The van der Waals surface area contributed by atoms with Crippen molar-refractivity contribution in [2.45, 2.75) is 40.4 Å². The van der Waals surface area contributed by atoms with Gasteiger partial charge in [-0.1, -0.05) is 5.16 Å². The monoisotopic (exact) mass is 304 g/mol. The van der Waals surface area contributed by atoms with Crippen LogP contribution in [0.5, 0.6) is 0 Å². The van der Waals surface area contributed by atoms with Crippen LogP contribution >= 0.6 is 0 Å². The van der Waals surface area contributed by atoms with Crippen LogP contribution in [-0.4, -0.2) is 39.4 Å². The summed E-state index contributed by atoms with van der Waals surface area (Å²) in [6, 6.07) is 0. The molecule has 2 aromatic heterocycles. The third kappa shape index (κ3) is 3.23. The maximum absolute atomic E-state index is 5.66. The van der Waals surface area contributed by atoms with Crippen LogP contribution < -0.4 is 0 Å². The van der Waals surface area contributed by atoms with Crippen molar-refractivity contribution in [3.8, 4) is 0 Å². The molecule has 3 heterocycles. The van der Waals surface area contributed by atoms with Crippen molar-refractivity contribution in [3.63, 3.8) is 0 Å². The molecule has 1 atom stereocenters. The maximum atomic E-state index is 5.66. The number of aryl methyl sites for hydroxylation is 2. The van der Waals surface area contributed by atoms with Crippen molar-refractivity contribution in [3.05, 3.63) is 35.2 Å². The van der Waals surface area contributed by atoms with Crippen LogP contribution in [-0.2, 0) is 24.4 Å². The van der Waals surface area contributed by atoms with Crippen molar-refractivity contribution in [2.75, 3.05) is 19.8 Å². The van der Waals surface area contributed by atoms with Gasteiger partial charge in [0.2, 0.25) is 0 Å². The number of ether oxygens (including phenoxy) is 1. The van der Waals surface area contributed by atoms with E-state index in [9.17, 15) is 0 Å². The van der Waals surface area contributed by atoms with Crippen molar-refractivity contribution < 1.29 is 9.26 Å². The minimum Gasteiger partial charge on any atom is -0.381 e. The van der Waals surface area contributed by atoms with E-state index >= 15 is 0 Å². The highest BCUT2D eigenvalue weighted by Gasteiger charge is 2.23. The van der Waals surface area contributed by atoms with Crippen LogP contribution in [0.15, 0.2) is 17.0 Å². The predicted octanol–water partition coefficient (Wildman–Crippen LogP) is 2.16. The van der Waals surface area contributed by atoms with E-state index in [-0.39, 0.29) is 0 Å². The van der Waals surface area contributed by atoms with E-state index in [0.29, 0.717) is 5.92 Å². The van der Waals surface area contributed by atoms with E-state index in [2.05, 4.69) is 19.6 Å². The molecule has 0 aromatic carbocycles. The Bertz CT molecular complexity index is 600. The molecule has 1 aliphatic heterocycles. The lowest BCUT2D eigenvalue weighted by molar-refractivity contribution is 0.0849. The van der Waals surface area contributed by atoms with Gasteiger partial charge in [-0.25, -0.2) is 4.98 Å². The minimum absolute atomic E-state index is 0.468. The molecular weight excluding hydrogens is 280 g/mol. The highest BCUT2D eigenvalue weighted by molar-refractivity contribution is 5.20. The molecule has 6 heteroatoms. The highest BCUT2D eigenvalue weighted by Crippen LogP contribution is 2.21. The second-order valence-corrected chi connectivity index (χ2v) is 6.04. The zero-order chi connectivity index (χ0) is 15.5. The first kappa shape index (κ1) is 15.2. The van der Waals surface area contributed by atoms with Crippen molar-refractivity contribution in [1.82, 2.24) is 19.6 Å². The zero-order valence-electron chi connectivity index (χ0n) is 13.6. The molecule has 0 saturated heterocycles. The third-order valence-corrected chi connectivity index (χ3v) is 4.28. The number of hydrogen-bond acceptors (Lipinski definition) is 5. The fourth-order valence-corrected chi connectivity index (χ4v) is 3.10. The molecule has 6 nitrogen and oxygen atoms in total. The lowest BCUT2D eigenvalue weighted by atomic mass is 10.1. The molecule has 120 valence electrons. The molecule has 0 aliphatic carbocycles. The Hall–Kier alpha value is -1.66. The van der Waals surface area contributed by atoms with E-state index in [1.807, 2.05) is 33.3 Å². The molecular formula is C16H24N4O2.